The van der Waals surface area contributed by atoms with E-state index in [4.69, 9.17) is 0 Å². The normalized spacial score (nSPS) is 21.1. The zero-order valence-electron chi connectivity index (χ0n) is 9.31. The van der Waals surface area contributed by atoms with Gasteiger partial charge in [-0.2, -0.15) is 0 Å². The summed E-state index contributed by atoms with van der Waals surface area (Å²) in [5, 5.41) is 0. The van der Waals surface area contributed by atoms with Gasteiger partial charge in [-0.15, -0.1) is 11.3 Å². The Morgan fingerprint density at radius 1 is 1.38 bits per heavy atom. The van der Waals surface area contributed by atoms with Gasteiger partial charge >= 0.3 is 0 Å². The molecule has 2 aromatic rings. The molecule has 3 rings (SSSR count). The van der Waals surface area contributed by atoms with Crippen LogP contribution in [0.2, 0.25) is 0 Å². The molecule has 1 aliphatic heterocycles. The lowest BCUT2D eigenvalue weighted by molar-refractivity contribution is 0.538. The molecular weight excluding hydrogens is 216 g/mol. The van der Waals surface area contributed by atoms with E-state index in [9.17, 15) is 0 Å². The number of nitrogens with zero attached hydrogens (tertiary/aromatic N) is 2. The van der Waals surface area contributed by atoms with Gasteiger partial charge in [-0.25, -0.2) is 4.98 Å². The van der Waals surface area contributed by atoms with E-state index < -0.39 is 0 Å². The van der Waals surface area contributed by atoms with Crippen molar-refractivity contribution < 1.29 is 0 Å². The first-order chi connectivity index (χ1) is 7.83. The highest BCUT2D eigenvalue weighted by molar-refractivity contribution is 7.16. The first kappa shape index (κ1) is 9.97. The number of aliphatic imine (C=N–C) groups is 1. The molecule has 0 amide bonds. The van der Waals surface area contributed by atoms with E-state index in [0.29, 0.717) is 0 Å². The molecule has 16 heavy (non-hydrogen) atoms. The quantitative estimate of drug-likeness (QED) is 0.736. The third-order valence-corrected chi connectivity index (χ3v) is 3.94. The van der Waals surface area contributed by atoms with Gasteiger partial charge in [0.05, 0.1) is 15.7 Å². The Hall–Kier alpha value is -1.22. The lowest BCUT2D eigenvalue weighted by Gasteiger charge is -2.17. The second kappa shape index (κ2) is 3.98. The number of fused-ring (bicyclic) bond motifs is 1. The van der Waals surface area contributed by atoms with E-state index in [1.807, 2.05) is 5.51 Å². The molecule has 1 aliphatic rings. The zero-order valence-corrected chi connectivity index (χ0v) is 10.1. The van der Waals surface area contributed by atoms with Crippen molar-refractivity contribution in [2.75, 3.05) is 6.54 Å². The Bertz CT molecular complexity index is 542. The van der Waals surface area contributed by atoms with Gasteiger partial charge in [0.1, 0.15) is 0 Å². The molecule has 2 nitrogen and oxygen atoms in total. The maximum atomic E-state index is 4.66. The summed E-state index contributed by atoms with van der Waals surface area (Å²) in [7, 11) is 0. The summed E-state index contributed by atoms with van der Waals surface area (Å²) in [4.78, 5) is 9.02. The van der Waals surface area contributed by atoms with Crippen LogP contribution < -0.4 is 0 Å². The van der Waals surface area contributed by atoms with Crippen molar-refractivity contribution in [2.24, 2.45) is 10.9 Å². The molecule has 0 spiro atoms. The first-order valence-corrected chi connectivity index (χ1v) is 6.58. The molecule has 1 atom stereocenters. The topological polar surface area (TPSA) is 25.2 Å². The largest absolute Gasteiger partial charge is 0.289 e. The number of rotatable bonds is 1. The molecule has 0 fully saturated rings. The van der Waals surface area contributed by atoms with E-state index in [2.05, 4.69) is 35.1 Å². The van der Waals surface area contributed by atoms with Crippen LogP contribution >= 0.6 is 11.3 Å². The maximum Gasteiger partial charge on any atom is 0.0818 e. The fourth-order valence-electron chi connectivity index (χ4n) is 2.09. The fourth-order valence-corrected chi connectivity index (χ4v) is 2.75. The van der Waals surface area contributed by atoms with Gasteiger partial charge in [0.2, 0.25) is 0 Å². The molecule has 1 aromatic heterocycles. The third kappa shape index (κ3) is 1.76. The van der Waals surface area contributed by atoms with Crippen molar-refractivity contribution >= 4 is 27.3 Å². The van der Waals surface area contributed by atoms with Crippen LogP contribution in [-0.4, -0.2) is 17.2 Å². The Morgan fingerprint density at radius 2 is 2.31 bits per heavy atom. The smallest absolute Gasteiger partial charge is 0.0818 e. The van der Waals surface area contributed by atoms with Crippen LogP contribution in [0.4, 0.5) is 0 Å². The maximum absolute atomic E-state index is 4.66. The molecule has 2 heterocycles. The average Bonchev–Trinajstić information content (AvgIpc) is 2.77. The van der Waals surface area contributed by atoms with Crippen molar-refractivity contribution in [1.29, 1.82) is 0 Å². The van der Waals surface area contributed by atoms with E-state index in [0.717, 1.165) is 24.4 Å². The number of hydrogen-bond donors (Lipinski definition) is 0. The van der Waals surface area contributed by atoms with Crippen molar-refractivity contribution in [1.82, 2.24) is 4.98 Å². The van der Waals surface area contributed by atoms with Gasteiger partial charge in [0.25, 0.3) is 0 Å². The standard InChI is InChI=1S/C13H14N2S/c1-9-2-4-11(14-7-9)10-3-5-13-12(6-10)15-8-16-13/h3,5-6,8-9H,2,4,7H2,1H3/t9-/m0/s1. The molecule has 82 valence electrons. The summed E-state index contributed by atoms with van der Waals surface area (Å²) >= 11 is 1.69. The summed E-state index contributed by atoms with van der Waals surface area (Å²) in [6, 6.07) is 6.50. The molecule has 0 radical (unpaired) electrons. The zero-order chi connectivity index (χ0) is 11.0. The first-order valence-electron chi connectivity index (χ1n) is 5.70. The average molecular weight is 230 g/mol. The van der Waals surface area contributed by atoms with Crippen molar-refractivity contribution in [3.8, 4) is 0 Å². The summed E-state index contributed by atoms with van der Waals surface area (Å²) in [6.07, 6.45) is 2.37. The van der Waals surface area contributed by atoms with Crippen LogP contribution in [0.5, 0.6) is 0 Å². The van der Waals surface area contributed by atoms with E-state index in [1.54, 1.807) is 11.3 Å². The number of hydrogen-bond acceptors (Lipinski definition) is 3. The fraction of sp³-hybridized carbons (Fsp3) is 0.385. The molecule has 3 heteroatoms. The predicted molar refractivity (Wildman–Crippen MR) is 69.4 cm³/mol. The van der Waals surface area contributed by atoms with E-state index in [-0.39, 0.29) is 0 Å². The van der Waals surface area contributed by atoms with Gasteiger partial charge in [-0.05, 0) is 36.5 Å². The van der Waals surface area contributed by atoms with Gasteiger partial charge in [-0.1, -0.05) is 13.0 Å². The predicted octanol–water partition coefficient (Wildman–Crippen LogP) is 3.52. The second-order valence-corrected chi connectivity index (χ2v) is 5.35. The lowest BCUT2D eigenvalue weighted by atomic mass is 9.96. The van der Waals surface area contributed by atoms with Crippen LogP contribution in [0.25, 0.3) is 10.2 Å². The molecular formula is C13H14N2S. The Morgan fingerprint density at radius 3 is 3.12 bits per heavy atom. The lowest BCUT2D eigenvalue weighted by Crippen LogP contribution is -2.14. The van der Waals surface area contributed by atoms with Crippen molar-refractivity contribution in [3.05, 3.63) is 29.3 Å². The van der Waals surface area contributed by atoms with Gasteiger partial charge < -0.3 is 0 Å². The molecule has 0 aliphatic carbocycles. The summed E-state index contributed by atoms with van der Waals surface area (Å²) < 4.78 is 1.26. The van der Waals surface area contributed by atoms with Gasteiger partial charge in [0.15, 0.2) is 0 Å². The monoisotopic (exact) mass is 230 g/mol. The highest BCUT2D eigenvalue weighted by Gasteiger charge is 2.13. The second-order valence-electron chi connectivity index (χ2n) is 4.47. The van der Waals surface area contributed by atoms with Gasteiger partial charge in [0, 0.05) is 12.3 Å². The molecule has 0 saturated heterocycles. The SMILES string of the molecule is C[C@H]1CCC(c2ccc3scnc3c2)=NC1. The number of aromatic nitrogens is 1. The highest BCUT2D eigenvalue weighted by atomic mass is 32.1. The van der Waals surface area contributed by atoms with Crippen LogP contribution in [0.1, 0.15) is 25.3 Å². The van der Waals surface area contributed by atoms with Crippen LogP contribution in [0.15, 0.2) is 28.7 Å². The van der Waals surface area contributed by atoms with E-state index >= 15 is 0 Å². The summed E-state index contributed by atoms with van der Waals surface area (Å²) in [5.41, 5.74) is 5.52. The van der Waals surface area contributed by atoms with Crippen LogP contribution in [0, 0.1) is 5.92 Å². The van der Waals surface area contributed by atoms with E-state index in [1.165, 1.54) is 22.4 Å². The minimum absolute atomic E-state index is 0.742. The molecule has 0 saturated carbocycles. The van der Waals surface area contributed by atoms with Gasteiger partial charge in [-0.3, -0.25) is 4.99 Å². The molecule has 0 unspecified atom stereocenters. The molecule has 0 N–H and O–H groups in total. The number of thiazole rings is 1. The highest BCUT2D eigenvalue weighted by Crippen LogP contribution is 2.22. The molecule has 0 bridgehead atoms. The van der Waals surface area contributed by atoms with Crippen molar-refractivity contribution in [2.45, 2.75) is 19.8 Å². The van der Waals surface area contributed by atoms with Crippen molar-refractivity contribution in [3.63, 3.8) is 0 Å². The van der Waals surface area contributed by atoms with Crippen LogP contribution in [-0.2, 0) is 0 Å². The minimum atomic E-state index is 0.742. The number of benzene rings is 1. The summed E-state index contributed by atoms with van der Waals surface area (Å²) in [6.45, 7) is 3.24. The van der Waals surface area contributed by atoms with Crippen LogP contribution in [0.3, 0.4) is 0 Å². The Balaban J connectivity index is 1.99. The third-order valence-electron chi connectivity index (χ3n) is 3.13. The molecule has 1 aromatic carbocycles. The Labute approximate surface area is 99.1 Å². The minimum Gasteiger partial charge on any atom is -0.289 e. The Kier molecular flexibility index (Phi) is 2.48. The summed E-state index contributed by atoms with van der Waals surface area (Å²) in [5.74, 6) is 0.742.